The van der Waals surface area contributed by atoms with Crippen molar-refractivity contribution in [3.05, 3.63) is 63.9 Å². The molecule has 1 unspecified atom stereocenters. The first kappa shape index (κ1) is 18.9. The molecule has 1 aliphatic rings. The lowest BCUT2D eigenvalue weighted by atomic mass is 10.0. The molecule has 2 aromatic rings. The van der Waals surface area contributed by atoms with Crippen molar-refractivity contribution in [1.29, 1.82) is 0 Å². The van der Waals surface area contributed by atoms with Crippen molar-refractivity contribution in [2.45, 2.75) is 18.9 Å². The molecule has 0 aliphatic carbocycles. The Hall–Kier alpha value is -1.92. The molecule has 1 atom stereocenters. The number of hydrogen-bond acceptors (Lipinski definition) is 3. The van der Waals surface area contributed by atoms with E-state index in [1.54, 1.807) is 13.2 Å². The highest BCUT2D eigenvalue weighted by Gasteiger charge is 2.24. The summed E-state index contributed by atoms with van der Waals surface area (Å²) in [6, 6.07) is 12.2. The van der Waals surface area contributed by atoms with E-state index in [9.17, 15) is 9.18 Å². The number of carbonyl (C=O) groups excluding carboxylic acids is 1. The molecule has 6 heteroatoms. The first-order valence-corrected chi connectivity index (χ1v) is 9.48. The van der Waals surface area contributed by atoms with Gasteiger partial charge in [-0.1, -0.05) is 28.1 Å². The number of likely N-dealkylation sites (tertiary alicyclic amines) is 1. The van der Waals surface area contributed by atoms with E-state index in [4.69, 9.17) is 4.74 Å². The maximum Gasteiger partial charge on any atom is 0.251 e. The Kier molecular flexibility index (Phi) is 6.27. The average Bonchev–Trinajstić information content (AvgIpc) is 3.16. The predicted octanol–water partition coefficient (Wildman–Crippen LogP) is 4.16. The number of carbonyl (C=O) groups is 1. The molecule has 0 radical (unpaired) electrons. The third kappa shape index (κ3) is 4.62. The van der Waals surface area contributed by atoms with E-state index in [-0.39, 0.29) is 11.9 Å². The van der Waals surface area contributed by atoms with Crippen LogP contribution in [0.2, 0.25) is 0 Å². The standard InChI is InChI=1S/C20H22BrFN2O2/c1-26-18-6-4-14(5-7-18)19(24-8-2-3-9-24)13-23-20(25)15-10-16(21)12-17(22)11-15/h4-7,10-12,19H,2-3,8-9,13H2,1H3,(H,23,25). The number of amides is 1. The second-order valence-electron chi connectivity index (χ2n) is 6.40. The molecule has 1 heterocycles. The van der Waals surface area contributed by atoms with Crippen LogP contribution < -0.4 is 10.1 Å². The van der Waals surface area contributed by atoms with Gasteiger partial charge in [0.25, 0.3) is 5.91 Å². The SMILES string of the molecule is COc1ccc(C(CNC(=O)c2cc(F)cc(Br)c2)N2CCCC2)cc1. The Labute approximate surface area is 161 Å². The third-order valence-electron chi connectivity index (χ3n) is 4.66. The van der Waals surface area contributed by atoms with Crippen LogP contribution in [-0.2, 0) is 0 Å². The van der Waals surface area contributed by atoms with E-state index in [1.807, 2.05) is 24.3 Å². The summed E-state index contributed by atoms with van der Waals surface area (Å²) < 4.78 is 19.3. The first-order valence-electron chi connectivity index (χ1n) is 8.69. The largest absolute Gasteiger partial charge is 0.497 e. The lowest BCUT2D eigenvalue weighted by Gasteiger charge is -2.28. The Bertz CT molecular complexity index is 741. The second kappa shape index (κ2) is 8.64. The summed E-state index contributed by atoms with van der Waals surface area (Å²) in [5, 5.41) is 2.96. The second-order valence-corrected chi connectivity index (χ2v) is 7.32. The Morgan fingerprint density at radius 3 is 2.54 bits per heavy atom. The minimum absolute atomic E-state index is 0.0874. The van der Waals surface area contributed by atoms with Crippen LogP contribution in [-0.4, -0.2) is 37.6 Å². The van der Waals surface area contributed by atoms with Crippen molar-refractivity contribution in [2.24, 2.45) is 0 Å². The van der Waals surface area contributed by atoms with Gasteiger partial charge in [-0.3, -0.25) is 9.69 Å². The van der Waals surface area contributed by atoms with Crippen LogP contribution in [0, 0.1) is 5.82 Å². The third-order valence-corrected chi connectivity index (χ3v) is 5.12. The molecular weight excluding hydrogens is 399 g/mol. The maximum atomic E-state index is 13.5. The zero-order chi connectivity index (χ0) is 18.5. The van der Waals surface area contributed by atoms with Crippen molar-refractivity contribution in [2.75, 3.05) is 26.7 Å². The lowest BCUT2D eigenvalue weighted by molar-refractivity contribution is 0.0937. The fraction of sp³-hybridized carbons (Fsp3) is 0.350. The molecule has 0 bridgehead atoms. The minimum atomic E-state index is -0.434. The fourth-order valence-corrected chi connectivity index (χ4v) is 3.78. The lowest BCUT2D eigenvalue weighted by Crippen LogP contribution is -2.36. The Balaban J connectivity index is 1.73. The van der Waals surface area contributed by atoms with Gasteiger partial charge in [-0.05, 0) is 61.8 Å². The molecule has 1 N–H and O–H groups in total. The highest BCUT2D eigenvalue weighted by atomic mass is 79.9. The van der Waals surface area contributed by atoms with Gasteiger partial charge in [-0.15, -0.1) is 0 Å². The molecule has 26 heavy (non-hydrogen) atoms. The number of ether oxygens (including phenoxy) is 1. The van der Waals surface area contributed by atoms with Gasteiger partial charge in [0.15, 0.2) is 0 Å². The summed E-state index contributed by atoms with van der Waals surface area (Å²) in [5.41, 5.74) is 1.44. The maximum absolute atomic E-state index is 13.5. The minimum Gasteiger partial charge on any atom is -0.497 e. The van der Waals surface area contributed by atoms with Crippen LogP contribution in [0.15, 0.2) is 46.9 Å². The van der Waals surface area contributed by atoms with Gasteiger partial charge in [0.1, 0.15) is 11.6 Å². The molecule has 138 valence electrons. The highest BCUT2D eigenvalue weighted by Crippen LogP contribution is 2.26. The summed E-state index contributed by atoms with van der Waals surface area (Å²) in [7, 11) is 1.64. The first-order chi connectivity index (χ1) is 12.6. The van der Waals surface area contributed by atoms with Gasteiger partial charge in [-0.25, -0.2) is 4.39 Å². The molecule has 0 saturated carbocycles. The molecule has 0 spiro atoms. The molecule has 1 aliphatic heterocycles. The quantitative estimate of drug-likeness (QED) is 0.762. The number of benzene rings is 2. The smallest absolute Gasteiger partial charge is 0.251 e. The van der Waals surface area contributed by atoms with Gasteiger partial charge < -0.3 is 10.1 Å². The number of rotatable bonds is 6. The molecule has 0 aromatic heterocycles. The average molecular weight is 421 g/mol. The predicted molar refractivity (Wildman–Crippen MR) is 103 cm³/mol. The van der Waals surface area contributed by atoms with Gasteiger partial charge in [0.2, 0.25) is 0 Å². The van der Waals surface area contributed by atoms with Crippen LogP contribution in [0.1, 0.15) is 34.8 Å². The van der Waals surface area contributed by atoms with Crippen molar-refractivity contribution in [1.82, 2.24) is 10.2 Å². The van der Waals surface area contributed by atoms with Crippen molar-refractivity contribution >= 4 is 21.8 Å². The van der Waals surface area contributed by atoms with Crippen LogP contribution in [0.25, 0.3) is 0 Å². The summed E-state index contributed by atoms with van der Waals surface area (Å²) in [6.45, 7) is 2.50. The van der Waals surface area contributed by atoms with Gasteiger partial charge in [0, 0.05) is 16.6 Å². The monoisotopic (exact) mass is 420 g/mol. The van der Waals surface area contributed by atoms with E-state index < -0.39 is 5.82 Å². The molecule has 1 saturated heterocycles. The molecule has 3 rings (SSSR count). The molecule has 1 fully saturated rings. The normalized spacial score (nSPS) is 15.7. The summed E-state index contributed by atoms with van der Waals surface area (Å²) >= 11 is 3.23. The molecular formula is C20H22BrFN2O2. The number of halogens is 2. The van der Waals surface area contributed by atoms with Gasteiger partial charge in [-0.2, -0.15) is 0 Å². The summed E-state index contributed by atoms with van der Waals surface area (Å²) in [4.78, 5) is 14.8. The van der Waals surface area contributed by atoms with Crippen molar-refractivity contribution in [3.8, 4) is 5.75 Å². The number of hydrogen-bond donors (Lipinski definition) is 1. The number of nitrogens with zero attached hydrogens (tertiary/aromatic N) is 1. The zero-order valence-corrected chi connectivity index (χ0v) is 16.3. The van der Waals surface area contributed by atoms with E-state index in [0.717, 1.165) is 37.2 Å². The Morgan fingerprint density at radius 1 is 1.23 bits per heavy atom. The van der Waals surface area contributed by atoms with Crippen LogP contribution in [0.3, 0.4) is 0 Å². The molecule has 4 nitrogen and oxygen atoms in total. The Morgan fingerprint density at radius 2 is 1.92 bits per heavy atom. The van der Waals surface area contributed by atoms with Gasteiger partial charge in [0.05, 0.1) is 13.2 Å². The molecule has 1 amide bonds. The highest BCUT2D eigenvalue weighted by molar-refractivity contribution is 9.10. The van der Waals surface area contributed by atoms with E-state index >= 15 is 0 Å². The van der Waals surface area contributed by atoms with Crippen molar-refractivity contribution in [3.63, 3.8) is 0 Å². The topological polar surface area (TPSA) is 41.6 Å². The fourth-order valence-electron chi connectivity index (χ4n) is 3.31. The van der Waals surface area contributed by atoms with Gasteiger partial charge >= 0.3 is 0 Å². The van der Waals surface area contributed by atoms with Crippen LogP contribution in [0.5, 0.6) is 5.75 Å². The molecule has 2 aromatic carbocycles. The summed E-state index contributed by atoms with van der Waals surface area (Å²) in [5.74, 6) is 0.0984. The van der Waals surface area contributed by atoms with Crippen LogP contribution in [0.4, 0.5) is 4.39 Å². The van der Waals surface area contributed by atoms with Crippen molar-refractivity contribution < 1.29 is 13.9 Å². The number of nitrogens with one attached hydrogen (secondary N) is 1. The number of methoxy groups -OCH3 is 1. The van der Waals surface area contributed by atoms with Crippen LogP contribution >= 0.6 is 15.9 Å². The zero-order valence-electron chi connectivity index (χ0n) is 14.7. The van der Waals surface area contributed by atoms with E-state index in [1.165, 1.54) is 12.1 Å². The van der Waals surface area contributed by atoms with E-state index in [0.29, 0.717) is 16.6 Å². The summed E-state index contributed by atoms with van der Waals surface area (Å²) in [6.07, 6.45) is 2.33. The van der Waals surface area contributed by atoms with E-state index in [2.05, 4.69) is 26.1 Å².